The van der Waals surface area contributed by atoms with Crippen molar-refractivity contribution in [2.45, 2.75) is 12.5 Å². The van der Waals surface area contributed by atoms with E-state index in [-0.39, 0.29) is 5.22 Å². The Labute approximate surface area is 105 Å². The molecule has 0 aromatic carbocycles. The Hall–Kier alpha value is -0.290. The molecule has 2 heterocycles. The van der Waals surface area contributed by atoms with Crippen LogP contribution in [0, 0.1) is 0 Å². The molecule has 0 fully saturated rings. The maximum Gasteiger partial charge on any atom is 0.198 e. The molecule has 0 aliphatic carbocycles. The first-order valence-corrected chi connectivity index (χ1v) is 6.35. The monoisotopic (exact) mass is 306 g/mol. The van der Waals surface area contributed by atoms with E-state index in [9.17, 15) is 5.11 Å². The molecule has 1 N–H and O–H groups in total. The summed E-state index contributed by atoms with van der Waals surface area (Å²) >= 11 is 10.7. The Balaban J connectivity index is 2.10. The summed E-state index contributed by atoms with van der Waals surface area (Å²) in [5, 5.41) is 12.1. The van der Waals surface area contributed by atoms with Crippen molar-refractivity contribution in [3.63, 3.8) is 0 Å². The predicted molar refractivity (Wildman–Crippen MR) is 64.4 cm³/mol. The van der Waals surface area contributed by atoms with E-state index in [1.54, 1.807) is 17.4 Å². The zero-order valence-corrected chi connectivity index (χ0v) is 10.8. The number of furan rings is 1. The van der Waals surface area contributed by atoms with Crippen LogP contribution >= 0.6 is 38.9 Å². The largest absolute Gasteiger partial charge is 0.453 e. The predicted octanol–water partition coefficient (Wildman–Crippen LogP) is 4.03. The van der Waals surface area contributed by atoms with Crippen LogP contribution < -0.4 is 0 Å². The van der Waals surface area contributed by atoms with Crippen LogP contribution in [0.15, 0.2) is 32.7 Å². The summed E-state index contributed by atoms with van der Waals surface area (Å²) in [5.41, 5.74) is 0.640. The first kappa shape index (κ1) is 11.2. The summed E-state index contributed by atoms with van der Waals surface area (Å²) in [6.07, 6.45) is 1.42. The smallest absolute Gasteiger partial charge is 0.198 e. The van der Waals surface area contributed by atoms with Gasteiger partial charge in [-0.25, -0.2) is 0 Å². The Morgan fingerprint density at radius 3 is 2.93 bits per heavy atom. The van der Waals surface area contributed by atoms with E-state index >= 15 is 0 Å². The fraction of sp³-hybridized carbons (Fsp3) is 0.200. The number of rotatable bonds is 3. The van der Waals surface area contributed by atoms with E-state index < -0.39 is 6.10 Å². The van der Waals surface area contributed by atoms with Crippen molar-refractivity contribution in [2.24, 2.45) is 0 Å². The summed E-state index contributed by atoms with van der Waals surface area (Å²) in [4.78, 5) is 1.10. The molecule has 1 unspecified atom stereocenters. The lowest BCUT2D eigenvalue weighted by Crippen LogP contribution is -1.99. The van der Waals surface area contributed by atoms with Gasteiger partial charge in [-0.05, 0) is 39.7 Å². The fourth-order valence-corrected chi connectivity index (χ4v) is 3.03. The van der Waals surface area contributed by atoms with Crippen LogP contribution in [0.3, 0.4) is 0 Å². The van der Waals surface area contributed by atoms with Gasteiger partial charge in [0, 0.05) is 26.7 Å². The number of aliphatic hydroxyl groups excluding tert-OH is 1. The maximum absolute atomic E-state index is 9.90. The van der Waals surface area contributed by atoms with Crippen molar-refractivity contribution in [3.8, 4) is 0 Å². The van der Waals surface area contributed by atoms with Crippen molar-refractivity contribution < 1.29 is 9.52 Å². The highest BCUT2D eigenvalue weighted by Crippen LogP contribution is 2.29. The highest BCUT2D eigenvalue weighted by molar-refractivity contribution is 9.10. The second-order valence-corrected chi connectivity index (χ2v) is 5.36. The van der Waals surface area contributed by atoms with Crippen molar-refractivity contribution >= 4 is 38.9 Å². The summed E-state index contributed by atoms with van der Waals surface area (Å²) in [7, 11) is 0. The fourth-order valence-electron chi connectivity index (χ4n) is 1.30. The SMILES string of the molecule is OC(Cc1cc(Br)cs1)c1ccoc1Cl. The summed E-state index contributed by atoms with van der Waals surface area (Å²) in [6, 6.07) is 3.68. The quantitative estimate of drug-likeness (QED) is 0.928. The number of hydrogen-bond donors (Lipinski definition) is 1. The lowest BCUT2D eigenvalue weighted by Gasteiger charge is -2.06. The third-order valence-corrected chi connectivity index (χ3v) is 4.05. The first-order chi connectivity index (χ1) is 7.16. The van der Waals surface area contributed by atoms with E-state index in [0.29, 0.717) is 12.0 Å². The molecular formula is C10H8BrClO2S. The van der Waals surface area contributed by atoms with Gasteiger partial charge in [-0.1, -0.05) is 0 Å². The molecule has 2 aromatic rings. The lowest BCUT2D eigenvalue weighted by atomic mass is 10.1. The van der Waals surface area contributed by atoms with Gasteiger partial charge in [0.25, 0.3) is 0 Å². The van der Waals surface area contributed by atoms with Crippen LogP contribution in [0.5, 0.6) is 0 Å². The van der Waals surface area contributed by atoms with Gasteiger partial charge in [-0.15, -0.1) is 11.3 Å². The van der Waals surface area contributed by atoms with Gasteiger partial charge < -0.3 is 9.52 Å². The summed E-state index contributed by atoms with van der Waals surface area (Å²) in [5.74, 6) is 0. The molecule has 0 radical (unpaired) electrons. The number of halogens is 2. The third kappa shape index (κ3) is 2.64. The van der Waals surface area contributed by atoms with E-state index in [2.05, 4.69) is 15.9 Å². The van der Waals surface area contributed by atoms with Crippen LogP contribution in [-0.4, -0.2) is 5.11 Å². The topological polar surface area (TPSA) is 33.4 Å². The zero-order valence-electron chi connectivity index (χ0n) is 7.61. The lowest BCUT2D eigenvalue weighted by molar-refractivity contribution is 0.178. The Morgan fingerprint density at radius 1 is 1.60 bits per heavy atom. The third-order valence-electron chi connectivity index (χ3n) is 2.02. The van der Waals surface area contributed by atoms with Gasteiger partial charge in [-0.2, -0.15) is 0 Å². The zero-order chi connectivity index (χ0) is 10.8. The molecule has 0 aliphatic rings. The van der Waals surface area contributed by atoms with Gasteiger partial charge in [-0.3, -0.25) is 0 Å². The van der Waals surface area contributed by atoms with Crippen molar-refractivity contribution in [3.05, 3.63) is 43.9 Å². The van der Waals surface area contributed by atoms with E-state index in [4.69, 9.17) is 16.0 Å². The van der Waals surface area contributed by atoms with Crippen LogP contribution in [0.25, 0.3) is 0 Å². The molecule has 0 spiro atoms. The van der Waals surface area contributed by atoms with Crippen molar-refractivity contribution in [2.75, 3.05) is 0 Å². The second kappa shape index (κ2) is 4.70. The molecule has 2 nitrogen and oxygen atoms in total. The number of aliphatic hydroxyl groups is 1. The van der Waals surface area contributed by atoms with Crippen molar-refractivity contribution in [1.29, 1.82) is 0 Å². The van der Waals surface area contributed by atoms with Crippen LogP contribution in [0.4, 0.5) is 0 Å². The molecule has 80 valence electrons. The van der Waals surface area contributed by atoms with Crippen LogP contribution in [-0.2, 0) is 6.42 Å². The summed E-state index contributed by atoms with van der Waals surface area (Å²) < 4.78 is 5.96. The van der Waals surface area contributed by atoms with E-state index in [1.807, 2.05) is 11.4 Å². The van der Waals surface area contributed by atoms with Gasteiger partial charge in [0.1, 0.15) is 0 Å². The minimum absolute atomic E-state index is 0.262. The molecule has 1 atom stereocenters. The normalized spacial score (nSPS) is 13.0. The Bertz CT molecular complexity index is 452. The van der Waals surface area contributed by atoms with Gasteiger partial charge in [0.2, 0.25) is 0 Å². The standard InChI is InChI=1S/C10H8BrClO2S/c11-6-3-7(15-5-6)4-9(13)8-1-2-14-10(8)12/h1-3,5,9,13H,4H2. The number of thiophene rings is 1. The van der Waals surface area contributed by atoms with Gasteiger partial charge >= 0.3 is 0 Å². The van der Waals surface area contributed by atoms with Crippen molar-refractivity contribution in [1.82, 2.24) is 0 Å². The van der Waals surface area contributed by atoms with Gasteiger partial charge in [0.05, 0.1) is 12.4 Å². The molecule has 0 amide bonds. The molecule has 0 saturated heterocycles. The van der Waals surface area contributed by atoms with Crippen LogP contribution in [0.2, 0.25) is 5.22 Å². The average Bonchev–Trinajstić information content (AvgIpc) is 2.75. The summed E-state index contributed by atoms with van der Waals surface area (Å²) in [6.45, 7) is 0. The number of hydrogen-bond acceptors (Lipinski definition) is 3. The molecule has 0 saturated carbocycles. The molecule has 15 heavy (non-hydrogen) atoms. The molecule has 2 rings (SSSR count). The Morgan fingerprint density at radius 2 is 2.40 bits per heavy atom. The highest BCUT2D eigenvalue weighted by Gasteiger charge is 2.15. The molecule has 2 aromatic heterocycles. The molecular weight excluding hydrogens is 300 g/mol. The van der Waals surface area contributed by atoms with Crippen LogP contribution in [0.1, 0.15) is 16.5 Å². The molecule has 0 aliphatic heterocycles. The van der Waals surface area contributed by atoms with Gasteiger partial charge in [0.15, 0.2) is 5.22 Å². The van der Waals surface area contributed by atoms with E-state index in [1.165, 1.54) is 6.26 Å². The minimum Gasteiger partial charge on any atom is -0.453 e. The highest BCUT2D eigenvalue weighted by atomic mass is 79.9. The second-order valence-electron chi connectivity index (χ2n) is 3.10. The maximum atomic E-state index is 9.90. The molecule has 5 heteroatoms. The molecule has 0 bridgehead atoms. The Kier molecular flexibility index (Phi) is 3.51. The minimum atomic E-state index is -0.609. The first-order valence-electron chi connectivity index (χ1n) is 4.30. The van der Waals surface area contributed by atoms with E-state index in [0.717, 1.165) is 9.35 Å². The average molecular weight is 308 g/mol.